The molecule has 0 fully saturated rings. The van der Waals surface area contributed by atoms with Gasteiger partial charge in [-0.25, -0.2) is 4.39 Å². The van der Waals surface area contributed by atoms with E-state index in [0.717, 1.165) is 6.42 Å². The molecule has 3 nitrogen and oxygen atoms in total. The van der Waals surface area contributed by atoms with Crippen LogP contribution in [0.2, 0.25) is 0 Å². The number of carbonyl (C=O) groups excluding carboxylic acids is 1. The fraction of sp³-hybridized carbons (Fsp3) is 0.462. The van der Waals surface area contributed by atoms with Crippen molar-refractivity contribution in [3.8, 4) is 0 Å². The second kappa shape index (κ2) is 6.18. The van der Waals surface area contributed by atoms with E-state index in [-0.39, 0.29) is 11.6 Å². The lowest BCUT2D eigenvalue weighted by Gasteiger charge is -2.19. The summed E-state index contributed by atoms with van der Waals surface area (Å²) < 4.78 is 13.6. The zero-order chi connectivity index (χ0) is 13.9. The van der Waals surface area contributed by atoms with Gasteiger partial charge in [0.2, 0.25) is 0 Å². The number of rotatable bonds is 4. The van der Waals surface area contributed by atoms with E-state index >= 15 is 0 Å². The summed E-state index contributed by atoms with van der Waals surface area (Å²) in [5.74, 6) is -0.153. The summed E-state index contributed by atoms with van der Waals surface area (Å²) in [6.45, 7) is 4.87. The standard InChI is InChI=1S/C13H18BrFN2O/c1-8(2)4-5-17(3)13(18)9-6-12(16)11(15)7-10(9)14/h6-8H,4-5,16H2,1-3H3. The van der Waals surface area contributed by atoms with Gasteiger partial charge in [0.1, 0.15) is 5.82 Å². The molecule has 18 heavy (non-hydrogen) atoms. The molecule has 0 unspecified atom stereocenters. The minimum Gasteiger partial charge on any atom is -0.396 e. The lowest BCUT2D eigenvalue weighted by molar-refractivity contribution is 0.0788. The number of nitrogen functional groups attached to an aromatic ring is 1. The molecule has 0 aliphatic heterocycles. The van der Waals surface area contributed by atoms with Crippen molar-refractivity contribution in [1.82, 2.24) is 4.90 Å². The van der Waals surface area contributed by atoms with E-state index in [2.05, 4.69) is 29.8 Å². The second-order valence-electron chi connectivity index (χ2n) is 4.76. The predicted octanol–water partition coefficient (Wildman–Crippen LogP) is 3.29. The average Bonchev–Trinajstić information content (AvgIpc) is 2.29. The minimum absolute atomic E-state index is 0.0150. The molecule has 0 heterocycles. The number of nitrogens with zero attached hydrogens (tertiary/aromatic N) is 1. The van der Waals surface area contributed by atoms with Crippen LogP contribution < -0.4 is 5.73 Å². The van der Waals surface area contributed by atoms with Gasteiger partial charge in [0.25, 0.3) is 5.91 Å². The lowest BCUT2D eigenvalue weighted by atomic mass is 10.1. The van der Waals surface area contributed by atoms with Gasteiger partial charge in [-0.05, 0) is 40.4 Å². The van der Waals surface area contributed by atoms with Crippen molar-refractivity contribution in [3.05, 3.63) is 28.0 Å². The molecule has 0 aliphatic rings. The molecular weight excluding hydrogens is 299 g/mol. The Morgan fingerprint density at radius 3 is 2.67 bits per heavy atom. The molecule has 5 heteroatoms. The van der Waals surface area contributed by atoms with Crippen LogP contribution in [0.15, 0.2) is 16.6 Å². The van der Waals surface area contributed by atoms with Gasteiger partial charge in [-0.3, -0.25) is 4.79 Å². The lowest BCUT2D eigenvalue weighted by Crippen LogP contribution is -2.29. The van der Waals surface area contributed by atoms with E-state index in [1.54, 1.807) is 11.9 Å². The normalized spacial score (nSPS) is 10.8. The van der Waals surface area contributed by atoms with Gasteiger partial charge in [0.05, 0.1) is 11.3 Å². The largest absolute Gasteiger partial charge is 0.396 e. The first-order valence-corrected chi connectivity index (χ1v) is 6.62. The van der Waals surface area contributed by atoms with Gasteiger partial charge < -0.3 is 10.6 Å². The summed E-state index contributed by atoms with van der Waals surface area (Å²) in [4.78, 5) is 13.8. The molecule has 1 amide bonds. The van der Waals surface area contributed by atoms with E-state index in [1.165, 1.54) is 12.1 Å². The first-order chi connectivity index (χ1) is 8.32. The third kappa shape index (κ3) is 3.70. The van der Waals surface area contributed by atoms with Crippen LogP contribution in [0.25, 0.3) is 0 Å². The number of benzene rings is 1. The SMILES string of the molecule is CC(C)CCN(C)C(=O)c1cc(N)c(F)cc1Br. The maximum atomic E-state index is 13.2. The molecule has 0 atom stereocenters. The number of hydrogen-bond donors (Lipinski definition) is 1. The topological polar surface area (TPSA) is 46.3 Å². The molecule has 0 radical (unpaired) electrons. The summed E-state index contributed by atoms with van der Waals surface area (Å²) in [6, 6.07) is 2.59. The van der Waals surface area contributed by atoms with E-state index in [9.17, 15) is 9.18 Å². The summed E-state index contributed by atoms with van der Waals surface area (Å²) in [7, 11) is 1.73. The number of halogens is 2. The molecule has 0 aliphatic carbocycles. The molecule has 1 aromatic carbocycles. The van der Waals surface area contributed by atoms with Crippen molar-refractivity contribution in [2.24, 2.45) is 5.92 Å². The zero-order valence-electron chi connectivity index (χ0n) is 10.8. The van der Waals surface area contributed by atoms with Crippen LogP contribution in [0.3, 0.4) is 0 Å². The summed E-state index contributed by atoms with van der Waals surface area (Å²) in [5, 5.41) is 0. The van der Waals surface area contributed by atoms with Gasteiger partial charge >= 0.3 is 0 Å². The molecule has 2 N–H and O–H groups in total. The highest BCUT2D eigenvalue weighted by Gasteiger charge is 2.17. The Labute approximate surface area is 115 Å². The van der Waals surface area contributed by atoms with Gasteiger partial charge in [0.15, 0.2) is 0 Å². The van der Waals surface area contributed by atoms with Crippen molar-refractivity contribution < 1.29 is 9.18 Å². The first-order valence-electron chi connectivity index (χ1n) is 5.83. The average molecular weight is 317 g/mol. The molecule has 1 rings (SSSR count). The quantitative estimate of drug-likeness (QED) is 0.866. The molecule has 0 bridgehead atoms. The van der Waals surface area contributed by atoms with Crippen molar-refractivity contribution >= 4 is 27.5 Å². The smallest absolute Gasteiger partial charge is 0.254 e. The highest BCUT2D eigenvalue weighted by Crippen LogP contribution is 2.24. The van der Waals surface area contributed by atoms with E-state index in [1.807, 2.05) is 0 Å². The Balaban J connectivity index is 2.87. The molecule has 0 saturated carbocycles. The van der Waals surface area contributed by atoms with Crippen molar-refractivity contribution in [3.63, 3.8) is 0 Å². The van der Waals surface area contributed by atoms with Gasteiger partial charge in [-0.2, -0.15) is 0 Å². The molecule has 0 aromatic heterocycles. The maximum Gasteiger partial charge on any atom is 0.254 e. The maximum absolute atomic E-state index is 13.2. The number of amides is 1. The predicted molar refractivity (Wildman–Crippen MR) is 74.9 cm³/mol. The molecule has 1 aromatic rings. The molecule has 0 spiro atoms. The van der Waals surface area contributed by atoms with Crippen molar-refractivity contribution in [1.29, 1.82) is 0 Å². The highest BCUT2D eigenvalue weighted by molar-refractivity contribution is 9.10. The third-order valence-corrected chi connectivity index (χ3v) is 3.36. The van der Waals surface area contributed by atoms with Crippen molar-refractivity contribution in [2.75, 3.05) is 19.3 Å². The van der Waals surface area contributed by atoms with Crippen LogP contribution in [0.5, 0.6) is 0 Å². The van der Waals surface area contributed by atoms with Crippen LogP contribution in [-0.4, -0.2) is 24.4 Å². The van der Waals surface area contributed by atoms with Gasteiger partial charge in [-0.15, -0.1) is 0 Å². The number of carbonyl (C=O) groups is 1. The van der Waals surface area contributed by atoms with Crippen molar-refractivity contribution in [2.45, 2.75) is 20.3 Å². The number of nitrogens with two attached hydrogens (primary N) is 1. The molecular formula is C13H18BrFN2O. The molecule has 100 valence electrons. The fourth-order valence-corrected chi connectivity index (χ4v) is 1.97. The van der Waals surface area contributed by atoms with E-state index in [0.29, 0.717) is 22.5 Å². The number of anilines is 1. The zero-order valence-corrected chi connectivity index (χ0v) is 12.4. The van der Waals surface area contributed by atoms with E-state index in [4.69, 9.17) is 5.73 Å². The summed E-state index contributed by atoms with van der Waals surface area (Å²) in [6.07, 6.45) is 0.927. The fourth-order valence-electron chi connectivity index (χ4n) is 1.49. The molecule has 0 saturated heterocycles. The minimum atomic E-state index is -0.525. The Kier molecular flexibility index (Phi) is 5.14. The van der Waals surface area contributed by atoms with Crippen LogP contribution in [-0.2, 0) is 0 Å². The van der Waals surface area contributed by atoms with Crippen LogP contribution in [0, 0.1) is 11.7 Å². The third-order valence-electron chi connectivity index (χ3n) is 2.71. The summed E-state index contributed by atoms with van der Waals surface area (Å²) in [5.41, 5.74) is 5.86. The Hall–Kier alpha value is -1.10. The Morgan fingerprint density at radius 2 is 2.11 bits per heavy atom. The Bertz CT molecular complexity index is 449. The Morgan fingerprint density at radius 1 is 1.50 bits per heavy atom. The second-order valence-corrected chi connectivity index (χ2v) is 5.62. The van der Waals surface area contributed by atoms with E-state index < -0.39 is 5.82 Å². The van der Waals surface area contributed by atoms with Gasteiger partial charge in [0, 0.05) is 18.1 Å². The number of hydrogen-bond acceptors (Lipinski definition) is 2. The highest BCUT2D eigenvalue weighted by atomic mass is 79.9. The summed E-state index contributed by atoms with van der Waals surface area (Å²) >= 11 is 3.19. The van der Waals surface area contributed by atoms with Crippen LogP contribution in [0.1, 0.15) is 30.6 Å². The van der Waals surface area contributed by atoms with Crippen LogP contribution >= 0.6 is 15.9 Å². The van der Waals surface area contributed by atoms with Gasteiger partial charge in [-0.1, -0.05) is 13.8 Å². The van der Waals surface area contributed by atoms with Crippen LogP contribution in [0.4, 0.5) is 10.1 Å². The monoisotopic (exact) mass is 316 g/mol. The first kappa shape index (κ1) is 15.0.